The average Bonchev–Trinajstić information content (AvgIpc) is 2.65. The zero-order valence-corrected chi connectivity index (χ0v) is 9.67. The molecule has 0 spiro atoms. The Labute approximate surface area is 97.4 Å². The van der Waals surface area contributed by atoms with Crippen LogP contribution in [0.1, 0.15) is 22.4 Å². The number of benzene rings is 1. The van der Waals surface area contributed by atoms with Gasteiger partial charge in [0.2, 0.25) is 0 Å². The Hall–Kier alpha value is -1.26. The molecule has 0 bridgehead atoms. The number of rotatable bonds is 3. The highest BCUT2D eigenvalue weighted by Gasteiger charge is 2.10. The number of aryl methyl sites for hydroxylation is 1. The molecule has 2 aromatic rings. The molecule has 0 radical (unpaired) electrons. The maximum atomic E-state index is 12.7. The molecule has 1 unspecified atom stereocenters. The van der Waals surface area contributed by atoms with Crippen LogP contribution in [0.5, 0.6) is 0 Å². The van der Waals surface area contributed by atoms with Gasteiger partial charge < -0.3 is 5.11 Å². The van der Waals surface area contributed by atoms with Gasteiger partial charge in [0, 0.05) is 11.8 Å². The molecular weight excluding hydrogens is 225 g/mol. The molecule has 2 rings (SSSR count). The van der Waals surface area contributed by atoms with E-state index in [1.165, 1.54) is 12.1 Å². The van der Waals surface area contributed by atoms with E-state index in [4.69, 9.17) is 0 Å². The molecule has 0 saturated carbocycles. The predicted octanol–water partition coefficient (Wildman–Crippen LogP) is 2.87. The van der Waals surface area contributed by atoms with E-state index in [1.807, 2.05) is 12.3 Å². The number of thiazole rings is 1. The fourth-order valence-electron chi connectivity index (χ4n) is 1.50. The summed E-state index contributed by atoms with van der Waals surface area (Å²) in [7, 11) is 0. The van der Waals surface area contributed by atoms with Crippen LogP contribution in [-0.2, 0) is 6.42 Å². The van der Waals surface area contributed by atoms with Crippen molar-refractivity contribution in [3.8, 4) is 0 Å². The molecule has 0 aliphatic rings. The van der Waals surface area contributed by atoms with E-state index < -0.39 is 6.10 Å². The number of hydrogen-bond donors (Lipinski definition) is 1. The molecule has 1 atom stereocenters. The Bertz CT molecular complexity index is 466. The Morgan fingerprint density at radius 2 is 2.06 bits per heavy atom. The quantitative estimate of drug-likeness (QED) is 0.890. The molecule has 1 aromatic heterocycles. The van der Waals surface area contributed by atoms with Crippen molar-refractivity contribution >= 4 is 11.3 Å². The van der Waals surface area contributed by atoms with Gasteiger partial charge >= 0.3 is 0 Å². The number of hydrogen-bond acceptors (Lipinski definition) is 3. The first kappa shape index (κ1) is 11.2. The minimum Gasteiger partial charge on any atom is -0.388 e. The summed E-state index contributed by atoms with van der Waals surface area (Å²) < 4.78 is 12.7. The first-order chi connectivity index (χ1) is 7.65. The van der Waals surface area contributed by atoms with Gasteiger partial charge in [0.05, 0.1) is 16.8 Å². The summed E-state index contributed by atoms with van der Waals surface area (Å²) in [5, 5.41) is 12.8. The van der Waals surface area contributed by atoms with E-state index in [0.717, 1.165) is 10.7 Å². The highest BCUT2D eigenvalue weighted by Crippen LogP contribution is 2.19. The van der Waals surface area contributed by atoms with Crippen molar-refractivity contribution in [3.63, 3.8) is 0 Å². The summed E-state index contributed by atoms with van der Waals surface area (Å²) in [6.07, 6.45) is -0.155. The largest absolute Gasteiger partial charge is 0.388 e. The van der Waals surface area contributed by atoms with Crippen LogP contribution < -0.4 is 0 Å². The summed E-state index contributed by atoms with van der Waals surface area (Å²) in [6.45, 7) is 1.93. The summed E-state index contributed by atoms with van der Waals surface area (Å²) in [6, 6.07) is 5.90. The highest BCUT2D eigenvalue weighted by atomic mass is 32.1. The van der Waals surface area contributed by atoms with E-state index in [9.17, 15) is 9.50 Å². The maximum absolute atomic E-state index is 12.7. The first-order valence-corrected chi connectivity index (χ1v) is 5.87. The zero-order valence-electron chi connectivity index (χ0n) is 8.85. The Balaban J connectivity index is 2.08. The van der Waals surface area contributed by atoms with Gasteiger partial charge in [-0.15, -0.1) is 11.3 Å². The first-order valence-electron chi connectivity index (χ1n) is 4.99. The van der Waals surface area contributed by atoms with Crippen LogP contribution in [0.25, 0.3) is 0 Å². The van der Waals surface area contributed by atoms with Crippen molar-refractivity contribution in [2.75, 3.05) is 0 Å². The fraction of sp³-hybridized carbons (Fsp3) is 0.250. The average molecular weight is 237 g/mol. The van der Waals surface area contributed by atoms with Crippen molar-refractivity contribution in [2.45, 2.75) is 19.4 Å². The number of aliphatic hydroxyl groups excluding tert-OH is 1. The molecule has 0 aliphatic heterocycles. The van der Waals surface area contributed by atoms with Crippen molar-refractivity contribution < 1.29 is 9.50 Å². The highest BCUT2D eigenvalue weighted by molar-refractivity contribution is 7.09. The van der Waals surface area contributed by atoms with Gasteiger partial charge in [-0.05, 0) is 24.6 Å². The molecule has 0 fully saturated rings. The maximum Gasteiger partial charge on any atom is 0.123 e. The van der Waals surface area contributed by atoms with Gasteiger partial charge in [-0.3, -0.25) is 0 Å². The third-order valence-electron chi connectivity index (χ3n) is 2.32. The second-order valence-electron chi connectivity index (χ2n) is 3.63. The number of halogens is 1. The monoisotopic (exact) mass is 237 g/mol. The molecule has 1 aromatic carbocycles. The summed E-state index contributed by atoms with van der Waals surface area (Å²) in [5.74, 6) is -0.291. The molecular formula is C12H12FNOS. The Kier molecular flexibility index (Phi) is 3.31. The van der Waals surface area contributed by atoms with Gasteiger partial charge in [-0.2, -0.15) is 0 Å². The molecule has 16 heavy (non-hydrogen) atoms. The van der Waals surface area contributed by atoms with E-state index in [0.29, 0.717) is 12.0 Å². The van der Waals surface area contributed by atoms with Crippen molar-refractivity contribution in [1.29, 1.82) is 0 Å². The van der Waals surface area contributed by atoms with Gasteiger partial charge in [0.15, 0.2) is 0 Å². The molecule has 0 amide bonds. The van der Waals surface area contributed by atoms with E-state index in [1.54, 1.807) is 23.5 Å². The zero-order chi connectivity index (χ0) is 11.5. The summed E-state index contributed by atoms with van der Waals surface area (Å²) in [4.78, 5) is 4.28. The van der Waals surface area contributed by atoms with Gasteiger partial charge in [-0.25, -0.2) is 9.37 Å². The van der Waals surface area contributed by atoms with Crippen LogP contribution in [0.3, 0.4) is 0 Å². The van der Waals surface area contributed by atoms with Crippen molar-refractivity contribution in [2.24, 2.45) is 0 Å². The van der Waals surface area contributed by atoms with Crippen molar-refractivity contribution in [3.05, 3.63) is 51.7 Å². The van der Waals surface area contributed by atoms with Gasteiger partial charge in [0.1, 0.15) is 5.82 Å². The topological polar surface area (TPSA) is 33.1 Å². The number of nitrogens with zero attached hydrogens (tertiary/aromatic N) is 1. The predicted molar refractivity (Wildman–Crippen MR) is 61.9 cm³/mol. The third kappa shape index (κ3) is 2.65. The molecule has 2 nitrogen and oxygen atoms in total. The molecule has 84 valence electrons. The molecule has 0 saturated heterocycles. The lowest BCUT2D eigenvalue weighted by Crippen LogP contribution is -2.02. The van der Waals surface area contributed by atoms with Gasteiger partial charge in [0.25, 0.3) is 0 Å². The van der Waals surface area contributed by atoms with Crippen LogP contribution in [0, 0.1) is 12.7 Å². The SMILES string of the molecule is Cc1nc(CC(O)c2ccc(F)cc2)cs1. The molecule has 4 heteroatoms. The molecule has 0 aliphatic carbocycles. The van der Waals surface area contributed by atoms with Crippen LogP contribution in [0.15, 0.2) is 29.6 Å². The normalized spacial score (nSPS) is 12.7. The standard InChI is InChI=1S/C12H12FNOS/c1-8-14-11(7-16-8)6-12(15)9-2-4-10(13)5-3-9/h2-5,7,12,15H,6H2,1H3. The van der Waals surface area contributed by atoms with Crippen LogP contribution in [0.4, 0.5) is 4.39 Å². The molecule has 1 heterocycles. The second kappa shape index (κ2) is 4.72. The lowest BCUT2D eigenvalue weighted by molar-refractivity contribution is 0.177. The number of aliphatic hydroxyl groups is 1. The van der Waals surface area contributed by atoms with Crippen molar-refractivity contribution in [1.82, 2.24) is 4.98 Å². The van der Waals surface area contributed by atoms with Gasteiger partial charge in [-0.1, -0.05) is 12.1 Å². The molecule has 1 N–H and O–H groups in total. The van der Waals surface area contributed by atoms with E-state index >= 15 is 0 Å². The fourth-order valence-corrected chi connectivity index (χ4v) is 2.13. The second-order valence-corrected chi connectivity index (χ2v) is 4.69. The lowest BCUT2D eigenvalue weighted by Gasteiger charge is -2.08. The lowest BCUT2D eigenvalue weighted by atomic mass is 10.1. The third-order valence-corrected chi connectivity index (χ3v) is 3.15. The van der Waals surface area contributed by atoms with E-state index in [-0.39, 0.29) is 5.82 Å². The Morgan fingerprint density at radius 3 is 2.62 bits per heavy atom. The van der Waals surface area contributed by atoms with Crippen LogP contribution in [-0.4, -0.2) is 10.1 Å². The van der Waals surface area contributed by atoms with Crippen LogP contribution >= 0.6 is 11.3 Å². The van der Waals surface area contributed by atoms with E-state index in [2.05, 4.69) is 4.98 Å². The smallest absolute Gasteiger partial charge is 0.123 e. The number of aromatic nitrogens is 1. The minimum absolute atomic E-state index is 0.291. The Morgan fingerprint density at radius 1 is 1.38 bits per heavy atom. The van der Waals surface area contributed by atoms with Crippen LogP contribution in [0.2, 0.25) is 0 Å². The summed E-state index contributed by atoms with van der Waals surface area (Å²) >= 11 is 1.56. The summed E-state index contributed by atoms with van der Waals surface area (Å²) in [5.41, 5.74) is 1.59. The minimum atomic E-state index is -0.623.